The summed E-state index contributed by atoms with van der Waals surface area (Å²) in [6.07, 6.45) is 1.82. The molecule has 1 N–H and O–H groups in total. The molecule has 0 fully saturated rings. The number of carbonyl (C=O) groups is 1. The van der Waals surface area contributed by atoms with Gasteiger partial charge in [-0.2, -0.15) is 5.10 Å². The molecule has 4 nitrogen and oxygen atoms in total. The van der Waals surface area contributed by atoms with E-state index in [1.807, 2.05) is 66.7 Å². The van der Waals surface area contributed by atoms with Crippen molar-refractivity contribution < 1.29 is 9.53 Å². The molecule has 3 aromatic carbocycles. The SMILES string of the molecule is O=C(Cc1ccc(Cl)cc1)NN=Cc1cccc(Oc2ccccc2)c1. The number of nitrogens with zero attached hydrogens (tertiary/aromatic N) is 1. The second-order valence-electron chi connectivity index (χ2n) is 5.58. The molecule has 26 heavy (non-hydrogen) atoms. The summed E-state index contributed by atoms with van der Waals surface area (Å²) in [5.41, 5.74) is 4.22. The van der Waals surface area contributed by atoms with Crippen LogP contribution in [-0.2, 0) is 11.2 Å². The van der Waals surface area contributed by atoms with E-state index in [0.717, 1.165) is 16.9 Å². The first kappa shape index (κ1) is 17.7. The zero-order valence-corrected chi connectivity index (χ0v) is 14.7. The summed E-state index contributed by atoms with van der Waals surface area (Å²) >= 11 is 5.83. The molecule has 0 bridgehead atoms. The van der Waals surface area contributed by atoms with Gasteiger partial charge in [0.25, 0.3) is 0 Å². The average molecular weight is 365 g/mol. The second-order valence-corrected chi connectivity index (χ2v) is 6.02. The van der Waals surface area contributed by atoms with Crippen LogP contribution in [0.5, 0.6) is 11.5 Å². The minimum absolute atomic E-state index is 0.194. The molecule has 0 spiro atoms. The van der Waals surface area contributed by atoms with Crippen molar-refractivity contribution in [3.63, 3.8) is 0 Å². The van der Waals surface area contributed by atoms with Gasteiger partial charge in [-0.05, 0) is 47.5 Å². The smallest absolute Gasteiger partial charge is 0.244 e. The van der Waals surface area contributed by atoms with E-state index in [0.29, 0.717) is 10.8 Å². The van der Waals surface area contributed by atoms with Gasteiger partial charge in [-0.3, -0.25) is 4.79 Å². The highest BCUT2D eigenvalue weighted by atomic mass is 35.5. The maximum absolute atomic E-state index is 11.9. The molecule has 3 aromatic rings. The van der Waals surface area contributed by atoms with Crippen LogP contribution >= 0.6 is 11.6 Å². The fraction of sp³-hybridized carbons (Fsp3) is 0.0476. The van der Waals surface area contributed by atoms with Crippen LogP contribution in [0.4, 0.5) is 0 Å². The molecule has 0 saturated heterocycles. The number of amides is 1. The molecule has 0 aliphatic heterocycles. The number of nitrogens with one attached hydrogen (secondary N) is 1. The number of hydrogen-bond acceptors (Lipinski definition) is 3. The lowest BCUT2D eigenvalue weighted by Crippen LogP contribution is -2.19. The molecule has 0 radical (unpaired) electrons. The van der Waals surface area contributed by atoms with E-state index in [9.17, 15) is 4.79 Å². The Morgan fingerprint density at radius 3 is 2.46 bits per heavy atom. The first-order chi connectivity index (χ1) is 12.7. The maximum Gasteiger partial charge on any atom is 0.244 e. The highest BCUT2D eigenvalue weighted by molar-refractivity contribution is 6.30. The molecule has 0 unspecified atom stereocenters. The molecule has 0 aromatic heterocycles. The minimum atomic E-state index is -0.194. The third kappa shape index (κ3) is 5.46. The Morgan fingerprint density at radius 1 is 0.962 bits per heavy atom. The molecular weight excluding hydrogens is 348 g/mol. The number of ether oxygens (including phenoxy) is 1. The largest absolute Gasteiger partial charge is 0.457 e. The third-order valence-corrected chi connectivity index (χ3v) is 3.77. The van der Waals surface area contributed by atoms with Crippen molar-refractivity contribution in [2.45, 2.75) is 6.42 Å². The van der Waals surface area contributed by atoms with Gasteiger partial charge < -0.3 is 4.74 Å². The van der Waals surface area contributed by atoms with Gasteiger partial charge in [0.15, 0.2) is 0 Å². The van der Waals surface area contributed by atoms with Gasteiger partial charge in [-0.15, -0.1) is 0 Å². The van der Waals surface area contributed by atoms with Gasteiger partial charge in [0.1, 0.15) is 11.5 Å². The molecule has 0 aliphatic carbocycles. The molecular formula is C21H17ClN2O2. The predicted molar refractivity (Wildman–Crippen MR) is 104 cm³/mol. The zero-order valence-electron chi connectivity index (χ0n) is 13.9. The lowest BCUT2D eigenvalue weighted by atomic mass is 10.1. The van der Waals surface area contributed by atoms with E-state index in [2.05, 4.69) is 10.5 Å². The van der Waals surface area contributed by atoms with Gasteiger partial charge in [0.2, 0.25) is 5.91 Å². The summed E-state index contributed by atoms with van der Waals surface area (Å²) in [6, 6.07) is 24.1. The number of halogens is 1. The van der Waals surface area contributed by atoms with Crippen molar-refractivity contribution in [2.75, 3.05) is 0 Å². The van der Waals surface area contributed by atoms with E-state index in [1.54, 1.807) is 18.3 Å². The van der Waals surface area contributed by atoms with E-state index in [4.69, 9.17) is 16.3 Å². The molecule has 0 atom stereocenters. The molecule has 0 heterocycles. The van der Waals surface area contributed by atoms with Gasteiger partial charge in [0.05, 0.1) is 12.6 Å². The molecule has 130 valence electrons. The van der Waals surface area contributed by atoms with Crippen molar-refractivity contribution in [1.82, 2.24) is 5.43 Å². The summed E-state index contributed by atoms with van der Waals surface area (Å²) in [5.74, 6) is 1.27. The Balaban J connectivity index is 1.55. The van der Waals surface area contributed by atoms with Crippen molar-refractivity contribution in [3.8, 4) is 11.5 Å². The van der Waals surface area contributed by atoms with Crippen molar-refractivity contribution in [1.29, 1.82) is 0 Å². The van der Waals surface area contributed by atoms with Gasteiger partial charge in [0, 0.05) is 5.02 Å². The van der Waals surface area contributed by atoms with Crippen molar-refractivity contribution >= 4 is 23.7 Å². The van der Waals surface area contributed by atoms with Crippen LogP contribution in [-0.4, -0.2) is 12.1 Å². The number of para-hydroxylation sites is 1. The van der Waals surface area contributed by atoms with Crippen LogP contribution in [0.15, 0.2) is 84.0 Å². The minimum Gasteiger partial charge on any atom is -0.457 e. The van der Waals surface area contributed by atoms with Crippen LogP contribution in [0.3, 0.4) is 0 Å². The van der Waals surface area contributed by atoms with Crippen LogP contribution in [0.2, 0.25) is 5.02 Å². The first-order valence-electron chi connectivity index (χ1n) is 8.08. The Bertz CT molecular complexity index is 893. The number of rotatable bonds is 6. The second kappa shape index (κ2) is 8.83. The van der Waals surface area contributed by atoms with Crippen LogP contribution < -0.4 is 10.2 Å². The Hall–Kier alpha value is -3.11. The monoisotopic (exact) mass is 364 g/mol. The zero-order chi connectivity index (χ0) is 18.2. The van der Waals surface area contributed by atoms with E-state index >= 15 is 0 Å². The normalized spacial score (nSPS) is 10.7. The summed E-state index contributed by atoms with van der Waals surface area (Å²) in [6.45, 7) is 0. The van der Waals surface area contributed by atoms with Gasteiger partial charge in [-0.25, -0.2) is 5.43 Å². The summed E-state index contributed by atoms with van der Waals surface area (Å²) in [4.78, 5) is 11.9. The summed E-state index contributed by atoms with van der Waals surface area (Å²) in [5, 5.41) is 4.64. The molecule has 0 aliphatic rings. The van der Waals surface area contributed by atoms with E-state index in [1.165, 1.54) is 0 Å². The topological polar surface area (TPSA) is 50.7 Å². The number of hydrazone groups is 1. The quantitative estimate of drug-likeness (QED) is 0.503. The van der Waals surface area contributed by atoms with Crippen LogP contribution in [0.1, 0.15) is 11.1 Å². The summed E-state index contributed by atoms with van der Waals surface area (Å²) in [7, 11) is 0. The average Bonchev–Trinajstić information content (AvgIpc) is 2.65. The highest BCUT2D eigenvalue weighted by Gasteiger charge is 2.02. The molecule has 5 heteroatoms. The lowest BCUT2D eigenvalue weighted by Gasteiger charge is -2.05. The third-order valence-electron chi connectivity index (χ3n) is 3.52. The predicted octanol–water partition coefficient (Wildman–Crippen LogP) is 4.83. The van der Waals surface area contributed by atoms with Gasteiger partial charge in [-0.1, -0.05) is 54.1 Å². The number of carbonyl (C=O) groups excluding carboxylic acids is 1. The maximum atomic E-state index is 11.9. The number of benzene rings is 3. The van der Waals surface area contributed by atoms with Crippen LogP contribution in [0, 0.1) is 0 Å². The molecule has 1 amide bonds. The number of hydrogen-bond donors (Lipinski definition) is 1. The van der Waals surface area contributed by atoms with E-state index in [-0.39, 0.29) is 12.3 Å². The lowest BCUT2D eigenvalue weighted by molar-refractivity contribution is -0.120. The standard InChI is InChI=1S/C21H17ClN2O2/c22-18-11-9-16(10-12-18)14-21(25)24-23-15-17-5-4-8-20(13-17)26-19-6-2-1-3-7-19/h1-13,15H,14H2,(H,24,25). The fourth-order valence-corrected chi connectivity index (χ4v) is 2.41. The fourth-order valence-electron chi connectivity index (χ4n) is 2.29. The van der Waals surface area contributed by atoms with Crippen molar-refractivity contribution in [2.24, 2.45) is 5.10 Å². The first-order valence-corrected chi connectivity index (χ1v) is 8.46. The Labute approximate surface area is 157 Å². The van der Waals surface area contributed by atoms with Gasteiger partial charge >= 0.3 is 0 Å². The van der Waals surface area contributed by atoms with Crippen LogP contribution in [0.25, 0.3) is 0 Å². The highest BCUT2D eigenvalue weighted by Crippen LogP contribution is 2.21. The Morgan fingerprint density at radius 2 is 1.69 bits per heavy atom. The molecule has 3 rings (SSSR count). The molecule has 0 saturated carbocycles. The van der Waals surface area contributed by atoms with Crippen molar-refractivity contribution in [3.05, 3.63) is 95.0 Å². The van der Waals surface area contributed by atoms with E-state index < -0.39 is 0 Å². The Kier molecular flexibility index (Phi) is 6.01. The summed E-state index contributed by atoms with van der Waals surface area (Å²) < 4.78 is 5.78.